The topological polar surface area (TPSA) is 33.2 Å². The minimum Gasteiger partial charge on any atom is -0.268 e. The molecule has 1 aliphatic carbocycles. The van der Waals surface area contributed by atoms with Crippen molar-refractivity contribution in [3.8, 4) is 11.8 Å². The predicted octanol–water partition coefficient (Wildman–Crippen LogP) is 3.77. The van der Waals surface area contributed by atoms with E-state index >= 15 is 0 Å². The van der Waals surface area contributed by atoms with Crippen LogP contribution in [0, 0.1) is 17.7 Å². The maximum atomic E-state index is 13.1. The molecular weight excluding hydrogens is 315 g/mol. The number of aromatic nitrogens is 1. The molecule has 0 saturated heterocycles. The molecule has 0 atom stereocenters. The van der Waals surface area contributed by atoms with Crippen molar-refractivity contribution in [2.45, 2.75) is 25.3 Å². The Bertz CT molecular complexity index is 776. The number of halogens is 2. The Hall–Kier alpha value is -2.38. The van der Waals surface area contributed by atoms with Gasteiger partial charge in [0.1, 0.15) is 11.5 Å². The highest BCUT2D eigenvalue weighted by Gasteiger charge is 2.28. The SMILES string of the molecule is O=C(c1ccc(C#Cc2cccc(F)c2)nc1)N(Cl)C1CCC1. The number of carbonyl (C=O) groups is 1. The average molecular weight is 329 g/mol. The van der Waals surface area contributed by atoms with Gasteiger partial charge in [-0.3, -0.25) is 4.79 Å². The van der Waals surface area contributed by atoms with Gasteiger partial charge in [0.25, 0.3) is 5.91 Å². The van der Waals surface area contributed by atoms with Gasteiger partial charge in [0, 0.05) is 29.6 Å². The van der Waals surface area contributed by atoms with Crippen molar-refractivity contribution in [3.63, 3.8) is 0 Å². The van der Waals surface area contributed by atoms with Gasteiger partial charge in [-0.15, -0.1) is 0 Å². The van der Waals surface area contributed by atoms with E-state index < -0.39 is 0 Å². The molecule has 1 heterocycles. The van der Waals surface area contributed by atoms with E-state index in [1.807, 2.05) is 0 Å². The van der Waals surface area contributed by atoms with Gasteiger partial charge in [-0.05, 0) is 55.5 Å². The second-order valence-electron chi connectivity index (χ2n) is 5.39. The zero-order valence-electron chi connectivity index (χ0n) is 12.3. The van der Waals surface area contributed by atoms with E-state index in [-0.39, 0.29) is 17.8 Å². The standard InChI is InChI=1S/C18H14ClFN2O/c19-22(17-5-2-6-17)18(23)14-8-10-16(21-12-14)9-7-13-3-1-4-15(20)11-13/h1,3-4,8,10-12,17H,2,5-6H2. The first-order valence-corrected chi connectivity index (χ1v) is 7.70. The number of hydrogen-bond acceptors (Lipinski definition) is 2. The number of nitrogens with zero attached hydrogens (tertiary/aromatic N) is 2. The molecule has 1 aromatic carbocycles. The van der Waals surface area contributed by atoms with Crippen LogP contribution in [0.15, 0.2) is 42.6 Å². The van der Waals surface area contributed by atoms with Gasteiger partial charge < -0.3 is 0 Å². The van der Waals surface area contributed by atoms with Gasteiger partial charge in [0.2, 0.25) is 0 Å². The number of rotatable bonds is 2. The molecule has 0 spiro atoms. The van der Waals surface area contributed by atoms with Gasteiger partial charge in [-0.25, -0.2) is 13.8 Å². The van der Waals surface area contributed by atoms with Crippen molar-refractivity contribution in [1.82, 2.24) is 9.40 Å². The number of pyridine rings is 1. The lowest BCUT2D eigenvalue weighted by Gasteiger charge is -2.31. The summed E-state index contributed by atoms with van der Waals surface area (Å²) in [6, 6.07) is 9.47. The second kappa shape index (κ2) is 6.80. The van der Waals surface area contributed by atoms with Crippen LogP contribution in [-0.4, -0.2) is 21.4 Å². The first-order chi connectivity index (χ1) is 11.1. The molecule has 0 N–H and O–H groups in total. The van der Waals surface area contributed by atoms with Gasteiger partial charge >= 0.3 is 0 Å². The number of benzene rings is 1. The van der Waals surface area contributed by atoms with Gasteiger partial charge in [0.05, 0.1) is 5.56 Å². The van der Waals surface area contributed by atoms with Gasteiger partial charge in [0.15, 0.2) is 0 Å². The van der Waals surface area contributed by atoms with E-state index in [4.69, 9.17) is 11.8 Å². The Morgan fingerprint density at radius 2 is 2.09 bits per heavy atom. The molecule has 1 saturated carbocycles. The monoisotopic (exact) mass is 328 g/mol. The minimum atomic E-state index is -0.330. The highest BCUT2D eigenvalue weighted by atomic mass is 35.5. The molecule has 0 unspecified atom stereocenters. The molecule has 116 valence electrons. The van der Waals surface area contributed by atoms with Crippen molar-refractivity contribution in [2.24, 2.45) is 0 Å². The van der Waals surface area contributed by atoms with Crippen LogP contribution in [-0.2, 0) is 0 Å². The molecule has 23 heavy (non-hydrogen) atoms. The molecule has 5 heteroatoms. The van der Waals surface area contributed by atoms with Crippen molar-refractivity contribution >= 4 is 17.7 Å². The lowest BCUT2D eigenvalue weighted by Crippen LogP contribution is -2.37. The summed E-state index contributed by atoms with van der Waals surface area (Å²) in [5, 5.41) is 0. The van der Waals surface area contributed by atoms with E-state index in [0.717, 1.165) is 19.3 Å². The summed E-state index contributed by atoms with van der Waals surface area (Å²) in [5.41, 5.74) is 1.52. The highest BCUT2D eigenvalue weighted by molar-refractivity contribution is 6.24. The molecule has 2 aromatic rings. The first kappa shape index (κ1) is 15.5. The average Bonchev–Trinajstić information content (AvgIpc) is 2.51. The Morgan fingerprint density at radius 1 is 1.26 bits per heavy atom. The predicted molar refractivity (Wildman–Crippen MR) is 86.3 cm³/mol. The van der Waals surface area contributed by atoms with Crippen molar-refractivity contribution < 1.29 is 9.18 Å². The molecule has 1 aliphatic rings. The van der Waals surface area contributed by atoms with Crippen LogP contribution in [0.2, 0.25) is 0 Å². The summed E-state index contributed by atoms with van der Waals surface area (Å²) >= 11 is 6.06. The molecular formula is C18H14ClFN2O. The van der Waals surface area contributed by atoms with E-state index in [1.54, 1.807) is 24.3 Å². The molecule has 0 radical (unpaired) electrons. The van der Waals surface area contributed by atoms with E-state index in [0.29, 0.717) is 16.8 Å². The summed E-state index contributed by atoms with van der Waals surface area (Å²) in [6.07, 6.45) is 4.46. The van der Waals surface area contributed by atoms with Gasteiger partial charge in [-0.2, -0.15) is 0 Å². The molecule has 1 fully saturated rings. The van der Waals surface area contributed by atoms with E-state index in [2.05, 4.69) is 16.8 Å². The lowest BCUT2D eigenvalue weighted by molar-refractivity contribution is 0.0773. The fraction of sp³-hybridized carbons (Fsp3) is 0.222. The molecule has 3 nitrogen and oxygen atoms in total. The van der Waals surface area contributed by atoms with E-state index in [9.17, 15) is 9.18 Å². The summed E-state index contributed by atoms with van der Waals surface area (Å²) in [5.74, 6) is 5.11. The zero-order valence-corrected chi connectivity index (χ0v) is 13.1. The summed E-state index contributed by atoms with van der Waals surface area (Å²) < 4.78 is 14.3. The Labute approximate surface area is 139 Å². The van der Waals surface area contributed by atoms with Crippen molar-refractivity contribution in [2.75, 3.05) is 0 Å². The summed E-state index contributed by atoms with van der Waals surface area (Å²) in [4.78, 5) is 16.3. The summed E-state index contributed by atoms with van der Waals surface area (Å²) in [6.45, 7) is 0. The van der Waals surface area contributed by atoms with Crippen LogP contribution in [0.4, 0.5) is 4.39 Å². The van der Waals surface area contributed by atoms with Gasteiger partial charge in [-0.1, -0.05) is 12.0 Å². The molecule has 1 aromatic heterocycles. The maximum absolute atomic E-state index is 13.1. The third-order valence-corrected chi connectivity index (χ3v) is 4.19. The van der Waals surface area contributed by atoms with Crippen LogP contribution in [0.3, 0.4) is 0 Å². The number of carbonyl (C=O) groups excluding carboxylic acids is 1. The molecule has 0 bridgehead atoms. The van der Waals surface area contributed by atoms with Crippen LogP contribution < -0.4 is 0 Å². The second-order valence-corrected chi connectivity index (χ2v) is 5.76. The van der Waals surface area contributed by atoms with Crippen LogP contribution in [0.25, 0.3) is 0 Å². The van der Waals surface area contributed by atoms with Crippen molar-refractivity contribution in [1.29, 1.82) is 0 Å². The normalized spacial score (nSPS) is 13.7. The Kier molecular flexibility index (Phi) is 4.59. The molecule has 1 amide bonds. The smallest absolute Gasteiger partial charge is 0.268 e. The largest absolute Gasteiger partial charge is 0.270 e. The Morgan fingerprint density at radius 3 is 2.70 bits per heavy atom. The molecule has 3 rings (SSSR count). The minimum absolute atomic E-state index is 0.122. The fourth-order valence-electron chi connectivity index (χ4n) is 2.20. The first-order valence-electron chi connectivity index (χ1n) is 7.36. The highest BCUT2D eigenvalue weighted by Crippen LogP contribution is 2.27. The molecule has 0 aliphatic heterocycles. The lowest BCUT2D eigenvalue weighted by atomic mass is 9.93. The van der Waals surface area contributed by atoms with E-state index in [1.165, 1.54) is 22.7 Å². The third-order valence-electron chi connectivity index (χ3n) is 3.76. The fourth-order valence-corrected chi connectivity index (χ4v) is 2.49. The quantitative estimate of drug-likeness (QED) is 0.621. The van der Waals surface area contributed by atoms with Crippen molar-refractivity contribution in [3.05, 3.63) is 65.2 Å². The number of hydrogen-bond donors (Lipinski definition) is 0. The maximum Gasteiger partial charge on any atom is 0.270 e. The summed E-state index contributed by atoms with van der Waals surface area (Å²) in [7, 11) is 0. The Balaban J connectivity index is 1.71. The zero-order chi connectivity index (χ0) is 16.2. The van der Waals surface area contributed by atoms with Crippen LogP contribution >= 0.6 is 11.8 Å². The third kappa shape index (κ3) is 3.69. The van der Waals surface area contributed by atoms with Crippen LogP contribution in [0.1, 0.15) is 40.9 Å². The number of amides is 1. The van der Waals surface area contributed by atoms with Crippen LogP contribution in [0.5, 0.6) is 0 Å².